The first-order valence-electron chi connectivity index (χ1n) is 5.68. The van der Waals surface area contributed by atoms with Gasteiger partial charge in [0.05, 0.1) is 25.4 Å². The maximum atomic E-state index is 12.1. The highest BCUT2D eigenvalue weighted by Crippen LogP contribution is 2.14. The average Bonchev–Trinajstić information content (AvgIpc) is 2.75. The van der Waals surface area contributed by atoms with Crippen LogP contribution in [0.15, 0.2) is 0 Å². The molecule has 0 spiro atoms. The van der Waals surface area contributed by atoms with Crippen molar-refractivity contribution in [3.63, 3.8) is 0 Å². The van der Waals surface area contributed by atoms with Crippen LogP contribution in [-0.2, 0) is 14.3 Å². The lowest BCUT2D eigenvalue weighted by Gasteiger charge is -2.35. The third-order valence-electron chi connectivity index (χ3n) is 3.15. The van der Waals surface area contributed by atoms with E-state index in [1.54, 1.807) is 0 Å². The van der Waals surface area contributed by atoms with E-state index in [9.17, 15) is 14.7 Å². The van der Waals surface area contributed by atoms with E-state index in [0.717, 1.165) is 0 Å². The third-order valence-corrected chi connectivity index (χ3v) is 3.15. The minimum Gasteiger partial charge on any atom is -0.392 e. The van der Waals surface area contributed by atoms with Gasteiger partial charge in [-0.1, -0.05) is 0 Å². The molecular formula is C10H17N3O4. The molecule has 0 radical (unpaired) electrons. The molecule has 4 N–H and O–H groups in total. The molecule has 96 valence electrons. The van der Waals surface area contributed by atoms with Crippen LogP contribution in [0, 0.1) is 0 Å². The number of hydrogen-bond donors (Lipinski definition) is 3. The molecule has 3 unspecified atom stereocenters. The number of rotatable bonds is 2. The number of β-amino-alcohol motifs (C(OH)–C–C–N with tert-alkyl or cyclic N) is 1. The normalized spacial score (nSPS) is 33.7. The molecule has 0 aliphatic carbocycles. The molecule has 17 heavy (non-hydrogen) atoms. The van der Waals surface area contributed by atoms with Crippen molar-refractivity contribution in [1.29, 1.82) is 0 Å². The fraction of sp³-hybridized carbons (Fsp3) is 0.800. The molecule has 3 atom stereocenters. The van der Waals surface area contributed by atoms with Gasteiger partial charge in [0, 0.05) is 13.1 Å². The molecule has 2 aliphatic heterocycles. The van der Waals surface area contributed by atoms with E-state index in [2.05, 4.69) is 5.32 Å². The van der Waals surface area contributed by atoms with Crippen molar-refractivity contribution < 1.29 is 19.4 Å². The zero-order valence-electron chi connectivity index (χ0n) is 9.46. The van der Waals surface area contributed by atoms with Crippen LogP contribution in [0.5, 0.6) is 0 Å². The molecule has 2 amide bonds. The summed E-state index contributed by atoms with van der Waals surface area (Å²) in [4.78, 5) is 24.8. The summed E-state index contributed by atoms with van der Waals surface area (Å²) < 4.78 is 5.14. The number of aliphatic hydroxyl groups is 1. The summed E-state index contributed by atoms with van der Waals surface area (Å²) in [6, 6.07) is -1.12. The Labute approximate surface area is 98.9 Å². The number of morpholine rings is 1. The molecule has 2 fully saturated rings. The van der Waals surface area contributed by atoms with Gasteiger partial charge in [-0.3, -0.25) is 9.59 Å². The van der Waals surface area contributed by atoms with Crippen LogP contribution in [0.2, 0.25) is 0 Å². The predicted octanol–water partition coefficient (Wildman–Crippen LogP) is -2.58. The van der Waals surface area contributed by atoms with Crippen molar-refractivity contribution in [3.05, 3.63) is 0 Å². The van der Waals surface area contributed by atoms with Crippen molar-refractivity contribution in [2.75, 3.05) is 26.3 Å². The quantitative estimate of drug-likeness (QED) is 0.494. The van der Waals surface area contributed by atoms with Gasteiger partial charge in [0.2, 0.25) is 11.8 Å². The van der Waals surface area contributed by atoms with Crippen molar-refractivity contribution in [2.45, 2.75) is 24.6 Å². The molecule has 2 heterocycles. The number of nitrogens with zero attached hydrogens (tertiary/aromatic N) is 1. The van der Waals surface area contributed by atoms with Crippen LogP contribution in [0.1, 0.15) is 6.42 Å². The number of nitrogens with two attached hydrogens (primary N) is 1. The molecule has 0 aromatic carbocycles. The number of aliphatic hydroxyl groups excluding tert-OH is 1. The highest BCUT2D eigenvalue weighted by atomic mass is 16.5. The lowest BCUT2D eigenvalue weighted by Crippen LogP contribution is -2.58. The van der Waals surface area contributed by atoms with Crippen molar-refractivity contribution in [1.82, 2.24) is 10.2 Å². The number of amides is 2. The highest BCUT2D eigenvalue weighted by molar-refractivity contribution is 5.89. The van der Waals surface area contributed by atoms with E-state index >= 15 is 0 Å². The Morgan fingerprint density at radius 3 is 2.82 bits per heavy atom. The standard InChI is InChI=1S/C10H17N3O4/c11-9(15)8-5-17-2-1-13(8)10(16)7-3-6(14)4-12-7/h6-8,12,14H,1-5H2,(H2,11,15). The van der Waals surface area contributed by atoms with Gasteiger partial charge in [-0.05, 0) is 6.42 Å². The van der Waals surface area contributed by atoms with E-state index in [1.807, 2.05) is 0 Å². The SMILES string of the molecule is NC(=O)C1COCCN1C(=O)C1CC(O)CN1. The monoisotopic (exact) mass is 243 g/mol. The van der Waals surface area contributed by atoms with Crippen molar-refractivity contribution >= 4 is 11.8 Å². The van der Waals surface area contributed by atoms with Crippen molar-refractivity contribution in [2.24, 2.45) is 5.73 Å². The maximum Gasteiger partial charge on any atom is 0.242 e. The second-order valence-electron chi connectivity index (χ2n) is 4.38. The van der Waals surface area contributed by atoms with E-state index in [4.69, 9.17) is 10.5 Å². The predicted molar refractivity (Wildman–Crippen MR) is 57.9 cm³/mol. The zero-order chi connectivity index (χ0) is 12.4. The molecule has 0 aromatic heterocycles. The van der Waals surface area contributed by atoms with E-state index < -0.39 is 24.1 Å². The minimum absolute atomic E-state index is 0.149. The largest absolute Gasteiger partial charge is 0.392 e. The Hall–Kier alpha value is -1.18. The third kappa shape index (κ3) is 2.56. The molecule has 7 heteroatoms. The number of primary amides is 1. The van der Waals surface area contributed by atoms with Gasteiger partial charge < -0.3 is 25.8 Å². The Kier molecular flexibility index (Phi) is 3.60. The summed E-state index contributed by atoms with van der Waals surface area (Å²) in [7, 11) is 0. The summed E-state index contributed by atoms with van der Waals surface area (Å²) in [6.07, 6.45) is -0.126. The van der Waals surface area contributed by atoms with E-state index in [0.29, 0.717) is 26.1 Å². The minimum atomic E-state index is -0.698. The first-order valence-corrected chi connectivity index (χ1v) is 5.68. The van der Waals surface area contributed by atoms with Crippen molar-refractivity contribution in [3.8, 4) is 0 Å². The Morgan fingerprint density at radius 1 is 1.47 bits per heavy atom. The van der Waals surface area contributed by atoms with Gasteiger partial charge in [-0.25, -0.2) is 0 Å². The second-order valence-corrected chi connectivity index (χ2v) is 4.38. The average molecular weight is 243 g/mol. The molecule has 2 aliphatic rings. The molecule has 0 aromatic rings. The lowest BCUT2D eigenvalue weighted by atomic mass is 10.1. The van der Waals surface area contributed by atoms with Gasteiger partial charge in [0.15, 0.2) is 0 Å². The Bertz CT molecular complexity index is 323. The Morgan fingerprint density at radius 2 is 2.24 bits per heavy atom. The summed E-state index contributed by atoms with van der Waals surface area (Å²) >= 11 is 0. The second kappa shape index (κ2) is 4.99. The van der Waals surface area contributed by atoms with Crippen LogP contribution < -0.4 is 11.1 Å². The summed E-state index contributed by atoms with van der Waals surface area (Å²) in [5.41, 5.74) is 5.24. The van der Waals surface area contributed by atoms with Crippen LogP contribution in [0.3, 0.4) is 0 Å². The van der Waals surface area contributed by atoms with E-state index in [1.165, 1.54) is 4.90 Å². The number of carbonyl (C=O) groups is 2. The number of carbonyl (C=O) groups excluding carboxylic acids is 2. The van der Waals surface area contributed by atoms with Gasteiger partial charge in [-0.2, -0.15) is 0 Å². The number of ether oxygens (including phenoxy) is 1. The maximum absolute atomic E-state index is 12.1. The molecular weight excluding hydrogens is 226 g/mol. The topological polar surface area (TPSA) is 105 Å². The lowest BCUT2D eigenvalue weighted by molar-refractivity contribution is -0.148. The highest BCUT2D eigenvalue weighted by Gasteiger charge is 2.37. The van der Waals surface area contributed by atoms with Crippen LogP contribution >= 0.6 is 0 Å². The van der Waals surface area contributed by atoms with E-state index in [-0.39, 0.29) is 12.5 Å². The summed E-state index contributed by atoms with van der Waals surface area (Å²) in [5.74, 6) is -0.745. The zero-order valence-corrected chi connectivity index (χ0v) is 9.46. The number of hydrogen-bond acceptors (Lipinski definition) is 5. The fourth-order valence-electron chi connectivity index (χ4n) is 2.21. The first-order chi connectivity index (χ1) is 8.09. The molecule has 7 nitrogen and oxygen atoms in total. The van der Waals surface area contributed by atoms with Gasteiger partial charge in [-0.15, -0.1) is 0 Å². The fourth-order valence-corrected chi connectivity index (χ4v) is 2.21. The molecule has 0 bridgehead atoms. The summed E-state index contributed by atoms with van der Waals surface area (Å²) in [5, 5.41) is 12.3. The van der Waals surface area contributed by atoms with Gasteiger partial charge in [0.25, 0.3) is 0 Å². The van der Waals surface area contributed by atoms with Gasteiger partial charge in [0.1, 0.15) is 6.04 Å². The Balaban J connectivity index is 2.03. The molecule has 2 saturated heterocycles. The summed E-state index contributed by atoms with van der Waals surface area (Å²) in [6.45, 7) is 1.32. The van der Waals surface area contributed by atoms with Crippen LogP contribution in [-0.4, -0.2) is 66.3 Å². The van der Waals surface area contributed by atoms with Crippen LogP contribution in [0.25, 0.3) is 0 Å². The molecule has 2 rings (SSSR count). The first kappa shape index (κ1) is 12.3. The smallest absolute Gasteiger partial charge is 0.242 e. The number of nitrogens with one attached hydrogen (secondary N) is 1. The van der Waals surface area contributed by atoms with Gasteiger partial charge >= 0.3 is 0 Å². The molecule has 0 saturated carbocycles. The van der Waals surface area contributed by atoms with Crippen LogP contribution in [0.4, 0.5) is 0 Å².